The van der Waals surface area contributed by atoms with Crippen LogP contribution in [0.1, 0.15) is 99.3 Å². The number of aliphatic hydroxyl groups is 11. The van der Waals surface area contributed by atoms with E-state index in [0.29, 0.717) is 48.3 Å². The minimum absolute atomic E-state index is 0.0101. The van der Waals surface area contributed by atoms with E-state index in [9.17, 15) is 56.2 Å². The molecule has 1 spiro atoms. The van der Waals surface area contributed by atoms with Gasteiger partial charge in [0, 0.05) is 12.3 Å². The second-order valence-electron chi connectivity index (χ2n) is 23.9. The molecule has 412 valence electrons. The van der Waals surface area contributed by atoms with Gasteiger partial charge in [0.2, 0.25) is 0 Å². The molecule has 0 unspecified atom stereocenters. The predicted octanol–water partition coefficient (Wildman–Crippen LogP) is -0.934. The Labute approximate surface area is 420 Å². The van der Waals surface area contributed by atoms with E-state index in [2.05, 4.69) is 33.8 Å². The molecule has 11 N–H and O–H groups in total. The molecule has 0 radical (unpaired) electrons. The summed E-state index contributed by atoms with van der Waals surface area (Å²) in [6.07, 6.45) is -20.4. The third-order valence-corrected chi connectivity index (χ3v) is 19.8. The zero-order chi connectivity index (χ0) is 51.5. The van der Waals surface area contributed by atoms with Crippen molar-refractivity contribution >= 4 is 0 Å². The lowest BCUT2D eigenvalue weighted by Gasteiger charge is -2.58. The van der Waals surface area contributed by atoms with E-state index in [4.69, 9.17) is 47.4 Å². The summed E-state index contributed by atoms with van der Waals surface area (Å²) in [6, 6.07) is 0. The van der Waals surface area contributed by atoms with E-state index in [-0.39, 0.29) is 23.0 Å². The molecule has 31 atom stereocenters. The average Bonchev–Trinajstić information content (AvgIpc) is 3.81. The minimum Gasteiger partial charge on any atom is -0.394 e. The van der Waals surface area contributed by atoms with Crippen molar-refractivity contribution in [3.8, 4) is 0 Å². The molecule has 0 aromatic rings. The summed E-state index contributed by atoms with van der Waals surface area (Å²) in [5, 5.41) is 120. The van der Waals surface area contributed by atoms with Crippen LogP contribution in [0.15, 0.2) is 11.6 Å². The van der Waals surface area contributed by atoms with E-state index in [0.717, 1.165) is 51.6 Å². The van der Waals surface area contributed by atoms with E-state index in [1.165, 1.54) is 19.4 Å². The molecule has 0 amide bonds. The summed E-state index contributed by atoms with van der Waals surface area (Å²) in [5.74, 6) is 2.61. The first-order valence-corrected chi connectivity index (χ1v) is 26.7. The Kier molecular flexibility index (Phi) is 15.5. The Morgan fingerprint density at radius 3 is 1.76 bits per heavy atom. The molecule has 6 heterocycles. The van der Waals surface area contributed by atoms with Crippen LogP contribution in [-0.4, -0.2) is 217 Å². The summed E-state index contributed by atoms with van der Waals surface area (Å²) in [6.45, 7) is 11.7. The topological polar surface area (TPSA) is 315 Å². The van der Waals surface area contributed by atoms with Crippen LogP contribution in [0.3, 0.4) is 0 Å². The van der Waals surface area contributed by atoms with Crippen LogP contribution in [0.2, 0.25) is 0 Å². The second-order valence-corrected chi connectivity index (χ2v) is 23.9. The SMILES string of the molecule is C[C@@H]1CC[C@]2(OC1)O[C@@H]1C[C@@H]3[C@H]4CC=C5C[C@@H](O[C@H]6O[C@@H](CO)[C@H](O[C@H]7O[C@@H](CO)[C@H](O[C@H]8O[C@@H](C)[C@H](O)[C@@H](O[C@H]9O[C@@H](C)[C@H](O)[C@@H](O)[C@@H]9O)[C@@H]8O)[C@@H](O)[C@@H]7O)[C@@H](O)[C@@H]6O)CC[C@]5(C)[C@@H]4CC[C@@]3(C)[C@@H]1[C@H]2C. The highest BCUT2D eigenvalue weighted by atomic mass is 16.8. The van der Waals surface area contributed by atoms with Gasteiger partial charge >= 0.3 is 0 Å². The Hall–Kier alpha value is -1.10. The van der Waals surface area contributed by atoms with Gasteiger partial charge in [0.25, 0.3) is 0 Å². The van der Waals surface area contributed by atoms with E-state index >= 15 is 0 Å². The predicted molar refractivity (Wildman–Crippen MR) is 245 cm³/mol. The summed E-state index contributed by atoms with van der Waals surface area (Å²) >= 11 is 0. The van der Waals surface area contributed by atoms with Crippen molar-refractivity contribution in [3.05, 3.63) is 11.6 Å². The van der Waals surface area contributed by atoms with Gasteiger partial charge in [-0.25, -0.2) is 0 Å². The van der Waals surface area contributed by atoms with Gasteiger partial charge in [0.05, 0.1) is 44.2 Å². The van der Waals surface area contributed by atoms with Crippen molar-refractivity contribution in [1.29, 1.82) is 0 Å². The molecule has 0 aromatic carbocycles. The molecule has 6 saturated heterocycles. The Balaban J connectivity index is 0.746. The maximum absolute atomic E-state index is 11.5. The van der Waals surface area contributed by atoms with Gasteiger partial charge in [0.1, 0.15) is 85.5 Å². The zero-order valence-corrected chi connectivity index (χ0v) is 42.2. The van der Waals surface area contributed by atoms with Crippen LogP contribution in [0, 0.1) is 46.3 Å². The molecule has 6 aliphatic heterocycles. The van der Waals surface area contributed by atoms with Crippen molar-refractivity contribution < 1.29 is 104 Å². The van der Waals surface area contributed by atoms with E-state index in [1.807, 2.05) is 0 Å². The average molecular weight is 1030 g/mol. The molecule has 0 aromatic heterocycles. The van der Waals surface area contributed by atoms with Crippen molar-refractivity contribution in [2.45, 2.75) is 240 Å². The van der Waals surface area contributed by atoms with E-state index < -0.39 is 142 Å². The normalized spacial score (nSPS) is 57.8. The van der Waals surface area contributed by atoms with Crippen LogP contribution in [0.4, 0.5) is 0 Å². The first kappa shape index (κ1) is 54.3. The van der Waals surface area contributed by atoms with Gasteiger partial charge in [-0.15, -0.1) is 0 Å². The molecule has 4 aliphatic carbocycles. The van der Waals surface area contributed by atoms with Crippen LogP contribution in [0.25, 0.3) is 0 Å². The molecule has 9 fully saturated rings. The van der Waals surface area contributed by atoms with Crippen LogP contribution in [0.5, 0.6) is 0 Å². The number of fused-ring (bicyclic) bond motifs is 7. The van der Waals surface area contributed by atoms with Gasteiger partial charge in [-0.1, -0.05) is 39.3 Å². The third kappa shape index (κ3) is 9.09. The Bertz CT molecular complexity index is 1900. The Morgan fingerprint density at radius 2 is 1.15 bits per heavy atom. The highest BCUT2D eigenvalue weighted by Gasteiger charge is 2.69. The molecule has 72 heavy (non-hydrogen) atoms. The molecule has 21 heteroatoms. The number of rotatable bonds is 10. The van der Waals surface area contributed by atoms with Crippen molar-refractivity contribution in [3.63, 3.8) is 0 Å². The van der Waals surface area contributed by atoms with Gasteiger partial charge in [-0.05, 0) is 106 Å². The van der Waals surface area contributed by atoms with Crippen molar-refractivity contribution in [2.75, 3.05) is 19.8 Å². The molecule has 0 bridgehead atoms. The second kappa shape index (κ2) is 20.6. The maximum Gasteiger partial charge on any atom is 0.187 e. The standard InChI is InChI=1S/C51H82O21/c1-20-9-14-51(63-19-20)21(2)32-29(72-51)16-28-26-8-7-24-15-25(10-12-49(24,5)27(26)11-13-50(28,32)6)66-46-39(60)36(57)42(30(17-52)67-46)69-47-40(61)37(58)43(31(18-53)68-47)70-48-41(62)44(34(55)23(4)65-48)71-45-38(59)35(56)33(54)22(3)64-45/h7,20-23,25-48,52-62H,8-19H2,1-6H3/t20-,21-,22+,23+,25+,26+,27-,28-,29-,30+,31+,32-,33+,34+,35-,36+,37+,38+,39+,40+,41+,42+,43+,44-,45-,46+,47-,48-,49+,50-,51+/m1/s1. The fraction of sp³-hybridized carbons (Fsp3) is 0.961. The lowest BCUT2D eigenvalue weighted by Crippen LogP contribution is -2.67. The summed E-state index contributed by atoms with van der Waals surface area (Å²) < 4.78 is 60.6. The van der Waals surface area contributed by atoms with Crippen molar-refractivity contribution in [1.82, 2.24) is 0 Å². The molecular weight excluding hydrogens is 949 g/mol. The van der Waals surface area contributed by atoms with Gasteiger partial charge in [-0.3, -0.25) is 0 Å². The van der Waals surface area contributed by atoms with Crippen LogP contribution in [-0.2, 0) is 47.4 Å². The lowest BCUT2D eigenvalue weighted by molar-refractivity contribution is -0.387. The van der Waals surface area contributed by atoms with Crippen LogP contribution < -0.4 is 0 Å². The van der Waals surface area contributed by atoms with E-state index in [1.54, 1.807) is 0 Å². The van der Waals surface area contributed by atoms with Gasteiger partial charge < -0.3 is 104 Å². The number of hydrogen-bond donors (Lipinski definition) is 11. The summed E-state index contributed by atoms with van der Waals surface area (Å²) in [5.41, 5.74) is 1.53. The number of hydrogen-bond acceptors (Lipinski definition) is 21. The largest absolute Gasteiger partial charge is 0.394 e. The van der Waals surface area contributed by atoms with Crippen LogP contribution >= 0.6 is 0 Å². The van der Waals surface area contributed by atoms with Gasteiger partial charge in [0.15, 0.2) is 30.9 Å². The lowest BCUT2D eigenvalue weighted by atomic mass is 9.47. The quantitative estimate of drug-likeness (QED) is 0.118. The molecule has 21 nitrogen and oxygen atoms in total. The highest BCUT2D eigenvalue weighted by Crippen LogP contribution is 2.70. The summed E-state index contributed by atoms with van der Waals surface area (Å²) in [4.78, 5) is 0. The molecule has 10 rings (SSSR count). The Morgan fingerprint density at radius 1 is 0.583 bits per heavy atom. The number of ether oxygens (including phenoxy) is 10. The first-order chi connectivity index (χ1) is 34.1. The van der Waals surface area contributed by atoms with Crippen molar-refractivity contribution in [2.24, 2.45) is 46.3 Å². The number of allylic oxidation sites excluding steroid dienone is 1. The monoisotopic (exact) mass is 1030 g/mol. The molecule has 10 aliphatic rings. The maximum atomic E-state index is 11.5. The molecular formula is C51H82O21. The molecule has 3 saturated carbocycles. The third-order valence-electron chi connectivity index (χ3n) is 19.8. The minimum atomic E-state index is -1.94. The number of aliphatic hydroxyl groups excluding tert-OH is 11. The summed E-state index contributed by atoms with van der Waals surface area (Å²) in [7, 11) is 0. The smallest absolute Gasteiger partial charge is 0.187 e. The highest BCUT2D eigenvalue weighted by molar-refractivity contribution is 5.26. The fourth-order valence-electron chi connectivity index (χ4n) is 15.5. The first-order valence-electron chi connectivity index (χ1n) is 26.7. The fourth-order valence-corrected chi connectivity index (χ4v) is 15.5. The zero-order valence-electron chi connectivity index (χ0n) is 42.2. The van der Waals surface area contributed by atoms with Gasteiger partial charge in [-0.2, -0.15) is 0 Å².